The number of piperidine rings is 2. The van der Waals surface area contributed by atoms with Gasteiger partial charge in [0.15, 0.2) is 0 Å². The lowest BCUT2D eigenvalue weighted by atomic mass is 9.63. The van der Waals surface area contributed by atoms with Gasteiger partial charge in [-0.3, -0.25) is 4.90 Å². The smallest absolute Gasteiger partial charge is 0.134 e. The standard InChI is InChI=1S/C11H21N2/c1-10-4-11(2)6-12(5-10)9-13(3,7-10)8-11/h4-9H2,1-3H3/q+1/t10-,11-/m0/s1. The Labute approximate surface area is 81.1 Å². The minimum Gasteiger partial charge on any atom is -0.313 e. The molecule has 0 N–H and O–H groups in total. The highest BCUT2D eigenvalue weighted by molar-refractivity contribution is 4.99. The molecule has 0 aromatic carbocycles. The molecule has 0 spiro atoms. The summed E-state index contributed by atoms with van der Waals surface area (Å²) in [5.41, 5.74) is 1.25. The van der Waals surface area contributed by atoms with E-state index in [0.717, 1.165) is 0 Å². The molecule has 4 saturated heterocycles. The van der Waals surface area contributed by atoms with Gasteiger partial charge in [-0.05, 0) is 6.42 Å². The number of quaternary nitrogens is 1. The van der Waals surface area contributed by atoms with Crippen LogP contribution in [0.3, 0.4) is 0 Å². The van der Waals surface area contributed by atoms with Gasteiger partial charge in [0.05, 0.1) is 20.1 Å². The Morgan fingerprint density at radius 2 is 1.62 bits per heavy atom. The number of hydrogen-bond donors (Lipinski definition) is 0. The highest BCUT2D eigenvalue weighted by Gasteiger charge is 2.59. The second kappa shape index (κ2) is 1.96. The highest BCUT2D eigenvalue weighted by atomic mass is 15.5. The summed E-state index contributed by atoms with van der Waals surface area (Å²) in [7, 11) is 2.45. The summed E-state index contributed by atoms with van der Waals surface area (Å²) in [5.74, 6) is 0. The zero-order valence-corrected chi connectivity index (χ0v) is 9.14. The number of rotatable bonds is 0. The van der Waals surface area contributed by atoms with Crippen molar-refractivity contribution in [2.24, 2.45) is 10.8 Å². The fraction of sp³-hybridized carbons (Fsp3) is 1.00. The predicted molar refractivity (Wildman–Crippen MR) is 53.2 cm³/mol. The summed E-state index contributed by atoms with van der Waals surface area (Å²) in [6.07, 6.45) is 1.46. The Bertz CT molecular complexity index is 210. The molecule has 2 heteroatoms. The van der Waals surface area contributed by atoms with E-state index in [1.165, 1.54) is 43.8 Å². The molecule has 4 aliphatic rings. The van der Waals surface area contributed by atoms with E-state index in [-0.39, 0.29) is 0 Å². The van der Waals surface area contributed by atoms with Gasteiger partial charge in [-0.1, -0.05) is 13.8 Å². The van der Waals surface area contributed by atoms with Gasteiger partial charge in [-0.25, -0.2) is 0 Å². The van der Waals surface area contributed by atoms with Crippen LogP contribution in [-0.2, 0) is 0 Å². The zero-order valence-electron chi connectivity index (χ0n) is 9.14. The number of hydrogen-bond acceptors (Lipinski definition) is 1. The molecule has 4 fully saturated rings. The Morgan fingerprint density at radius 3 is 2.00 bits per heavy atom. The second-order valence-electron chi connectivity index (χ2n) is 6.86. The van der Waals surface area contributed by atoms with Crippen LogP contribution in [0.1, 0.15) is 20.3 Å². The molecule has 2 nitrogen and oxygen atoms in total. The molecule has 0 radical (unpaired) electrons. The summed E-state index contributed by atoms with van der Waals surface area (Å²) < 4.78 is 1.31. The molecule has 13 heavy (non-hydrogen) atoms. The van der Waals surface area contributed by atoms with Gasteiger partial charge in [-0.2, -0.15) is 0 Å². The normalized spacial score (nSPS) is 64.4. The van der Waals surface area contributed by atoms with E-state index in [0.29, 0.717) is 10.8 Å². The molecule has 0 aliphatic carbocycles. The first-order chi connectivity index (χ1) is 5.91. The summed E-state index contributed by atoms with van der Waals surface area (Å²) in [6, 6.07) is 0. The van der Waals surface area contributed by atoms with Crippen molar-refractivity contribution in [3.05, 3.63) is 0 Å². The van der Waals surface area contributed by atoms with E-state index in [1.54, 1.807) is 0 Å². The van der Waals surface area contributed by atoms with Crippen LogP contribution < -0.4 is 0 Å². The van der Waals surface area contributed by atoms with Gasteiger partial charge in [-0.15, -0.1) is 0 Å². The van der Waals surface area contributed by atoms with E-state index in [2.05, 4.69) is 25.8 Å². The molecule has 0 amide bonds. The largest absolute Gasteiger partial charge is 0.313 e. The van der Waals surface area contributed by atoms with Crippen molar-refractivity contribution in [2.45, 2.75) is 20.3 Å². The Balaban J connectivity index is 2.03. The highest BCUT2D eigenvalue weighted by Crippen LogP contribution is 2.50. The molecule has 4 aliphatic heterocycles. The fourth-order valence-corrected chi connectivity index (χ4v) is 5.07. The lowest BCUT2D eigenvalue weighted by molar-refractivity contribution is -0.953. The minimum absolute atomic E-state index is 0.623. The molecular formula is C11H21N2+. The maximum Gasteiger partial charge on any atom is 0.134 e. The van der Waals surface area contributed by atoms with Crippen molar-refractivity contribution < 1.29 is 4.48 Å². The zero-order chi connectivity index (χ0) is 9.32. The summed E-state index contributed by atoms with van der Waals surface area (Å²) >= 11 is 0. The molecule has 74 valence electrons. The molecule has 4 rings (SSSR count). The Hall–Kier alpha value is -0.0800. The van der Waals surface area contributed by atoms with Gasteiger partial charge in [0, 0.05) is 23.9 Å². The van der Waals surface area contributed by atoms with E-state index in [4.69, 9.17) is 0 Å². The summed E-state index contributed by atoms with van der Waals surface area (Å²) in [5, 5.41) is 0. The van der Waals surface area contributed by atoms with Crippen molar-refractivity contribution in [2.75, 3.05) is 39.9 Å². The van der Waals surface area contributed by atoms with Crippen molar-refractivity contribution in [1.29, 1.82) is 0 Å². The lowest BCUT2D eigenvalue weighted by Crippen LogP contribution is -2.76. The van der Waals surface area contributed by atoms with Crippen LogP contribution in [-0.4, -0.2) is 49.3 Å². The average Bonchev–Trinajstić information content (AvgIpc) is 1.71. The van der Waals surface area contributed by atoms with E-state index < -0.39 is 0 Å². The molecular weight excluding hydrogens is 160 g/mol. The molecule has 0 aromatic heterocycles. The van der Waals surface area contributed by atoms with Crippen LogP contribution in [0.4, 0.5) is 0 Å². The first kappa shape index (κ1) is 8.25. The van der Waals surface area contributed by atoms with Gasteiger partial charge in [0.2, 0.25) is 0 Å². The van der Waals surface area contributed by atoms with E-state index in [1.807, 2.05) is 0 Å². The van der Waals surface area contributed by atoms with Crippen LogP contribution in [0, 0.1) is 10.8 Å². The van der Waals surface area contributed by atoms with Crippen LogP contribution in [0.25, 0.3) is 0 Å². The second-order valence-corrected chi connectivity index (χ2v) is 6.86. The van der Waals surface area contributed by atoms with Gasteiger partial charge >= 0.3 is 0 Å². The van der Waals surface area contributed by atoms with Crippen molar-refractivity contribution in [3.63, 3.8) is 0 Å². The first-order valence-electron chi connectivity index (χ1n) is 5.47. The molecule has 0 saturated carbocycles. The van der Waals surface area contributed by atoms with Crippen LogP contribution in [0.5, 0.6) is 0 Å². The third-order valence-electron chi connectivity index (χ3n) is 4.13. The van der Waals surface area contributed by atoms with Gasteiger partial charge < -0.3 is 4.48 Å². The minimum atomic E-state index is 0.623. The van der Waals surface area contributed by atoms with Crippen molar-refractivity contribution in [1.82, 2.24) is 4.90 Å². The monoisotopic (exact) mass is 181 g/mol. The summed E-state index contributed by atoms with van der Waals surface area (Å²) in [4.78, 5) is 2.69. The molecule has 0 unspecified atom stereocenters. The maximum atomic E-state index is 2.69. The Morgan fingerprint density at radius 1 is 1.08 bits per heavy atom. The quantitative estimate of drug-likeness (QED) is 0.507. The summed E-state index contributed by atoms with van der Waals surface area (Å²) in [6.45, 7) is 11.8. The number of nitrogens with zero attached hydrogens (tertiary/aromatic N) is 2. The molecule has 0 aromatic rings. The van der Waals surface area contributed by atoms with Gasteiger partial charge in [0.1, 0.15) is 6.67 Å². The third-order valence-corrected chi connectivity index (χ3v) is 4.13. The molecule has 4 heterocycles. The van der Waals surface area contributed by atoms with Crippen molar-refractivity contribution >= 4 is 0 Å². The van der Waals surface area contributed by atoms with Crippen LogP contribution in [0.15, 0.2) is 0 Å². The lowest BCUT2D eigenvalue weighted by Gasteiger charge is -2.65. The SMILES string of the molecule is C[C@@]12CN3C[C@](C)(C1)C[N+](C)(C3)C2. The van der Waals surface area contributed by atoms with Gasteiger partial charge in [0.25, 0.3) is 0 Å². The fourth-order valence-electron chi connectivity index (χ4n) is 5.07. The third kappa shape index (κ3) is 1.08. The van der Waals surface area contributed by atoms with Crippen molar-refractivity contribution in [3.8, 4) is 0 Å². The van der Waals surface area contributed by atoms with Crippen LogP contribution >= 0.6 is 0 Å². The van der Waals surface area contributed by atoms with E-state index >= 15 is 0 Å². The topological polar surface area (TPSA) is 3.24 Å². The predicted octanol–water partition coefficient (Wildman–Crippen LogP) is 1.14. The molecule has 2 atom stereocenters. The first-order valence-corrected chi connectivity index (χ1v) is 5.47. The maximum absolute atomic E-state index is 2.69. The molecule has 4 bridgehead atoms. The average molecular weight is 181 g/mol. The van der Waals surface area contributed by atoms with Crippen LogP contribution in [0.2, 0.25) is 0 Å². The van der Waals surface area contributed by atoms with E-state index in [9.17, 15) is 0 Å². The Kier molecular flexibility index (Phi) is 1.24.